The van der Waals surface area contributed by atoms with E-state index >= 15 is 0 Å². The zero-order valence-electron chi connectivity index (χ0n) is 14.7. The van der Waals surface area contributed by atoms with Crippen LogP contribution >= 0.6 is 0 Å². The van der Waals surface area contributed by atoms with Crippen molar-refractivity contribution in [2.45, 2.75) is 18.9 Å². The van der Waals surface area contributed by atoms with E-state index < -0.39 is 18.5 Å². The molecule has 0 aromatic heterocycles. The molecular formula is C18H22N2O6. The standard InChI is InChI=1S/C18H22N2O6/c1-20(10-16(22)19-13-5-6-13)17(23)11-26-18(24)8-4-12-3-7-14(21)15(9-12)25-2/h3-4,7-9,13,21H,5-6,10-11H2,1-2H3,(H,19,22)/b8-4+. The Morgan fingerprint density at radius 2 is 2.08 bits per heavy atom. The average molecular weight is 362 g/mol. The summed E-state index contributed by atoms with van der Waals surface area (Å²) in [7, 11) is 2.89. The first-order chi connectivity index (χ1) is 12.4. The molecule has 1 aromatic rings. The predicted molar refractivity (Wildman–Crippen MR) is 93.5 cm³/mol. The normalized spacial score (nSPS) is 13.3. The highest BCUT2D eigenvalue weighted by Gasteiger charge is 2.24. The van der Waals surface area contributed by atoms with E-state index in [1.807, 2.05) is 0 Å². The van der Waals surface area contributed by atoms with Crippen LogP contribution in [0.25, 0.3) is 6.08 Å². The van der Waals surface area contributed by atoms with Gasteiger partial charge in [-0.2, -0.15) is 0 Å². The number of likely N-dealkylation sites (N-methyl/N-ethyl adjacent to an activating group) is 1. The molecule has 26 heavy (non-hydrogen) atoms. The highest BCUT2D eigenvalue weighted by molar-refractivity contribution is 5.90. The van der Waals surface area contributed by atoms with E-state index in [4.69, 9.17) is 9.47 Å². The largest absolute Gasteiger partial charge is 0.504 e. The Morgan fingerprint density at radius 1 is 1.35 bits per heavy atom. The fourth-order valence-electron chi connectivity index (χ4n) is 2.06. The van der Waals surface area contributed by atoms with Gasteiger partial charge in [-0.1, -0.05) is 6.07 Å². The summed E-state index contributed by atoms with van der Waals surface area (Å²) in [5, 5.41) is 12.3. The first kappa shape index (κ1) is 19.3. The number of aromatic hydroxyl groups is 1. The van der Waals surface area contributed by atoms with Gasteiger partial charge in [-0.15, -0.1) is 0 Å². The fraction of sp³-hybridized carbons (Fsp3) is 0.389. The van der Waals surface area contributed by atoms with Gasteiger partial charge in [0.05, 0.1) is 13.7 Å². The third kappa shape index (κ3) is 6.12. The van der Waals surface area contributed by atoms with Crippen molar-refractivity contribution in [2.24, 2.45) is 0 Å². The van der Waals surface area contributed by atoms with Crippen molar-refractivity contribution in [1.29, 1.82) is 0 Å². The number of hydrogen-bond donors (Lipinski definition) is 2. The molecule has 1 aliphatic carbocycles. The molecule has 8 heteroatoms. The van der Waals surface area contributed by atoms with Crippen molar-refractivity contribution in [3.63, 3.8) is 0 Å². The monoisotopic (exact) mass is 362 g/mol. The Kier molecular flexibility index (Phi) is 6.60. The molecule has 2 N–H and O–H groups in total. The molecule has 1 saturated carbocycles. The molecule has 0 aliphatic heterocycles. The molecule has 1 fully saturated rings. The quantitative estimate of drug-likeness (QED) is 0.521. The average Bonchev–Trinajstić information content (AvgIpc) is 3.42. The minimum Gasteiger partial charge on any atom is -0.504 e. The summed E-state index contributed by atoms with van der Waals surface area (Å²) in [6, 6.07) is 4.82. The van der Waals surface area contributed by atoms with E-state index in [1.165, 1.54) is 37.3 Å². The molecule has 1 aliphatic rings. The number of hydrogen-bond acceptors (Lipinski definition) is 6. The number of benzene rings is 1. The summed E-state index contributed by atoms with van der Waals surface area (Å²) in [5.74, 6) is -1.12. The van der Waals surface area contributed by atoms with Crippen LogP contribution in [0.2, 0.25) is 0 Å². The predicted octanol–water partition coefficient (Wildman–Crippen LogP) is 0.694. The number of rotatable bonds is 8. The van der Waals surface area contributed by atoms with Crippen LogP contribution in [0.4, 0.5) is 0 Å². The summed E-state index contributed by atoms with van der Waals surface area (Å²) >= 11 is 0. The van der Waals surface area contributed by atoms with Crippen LogP contribution in [-0.4, -0.2) is 61.1 Å². The molecule has 2 amide bonds. The number of methoxy groups -OCH3 is 1. The first-order valence-electron chi connectivity index (χ1n) is 8.14. The molecule has 0 unspecified atom stereocenters. The fourth-order valence-corrected chi connectivity index (χ4v) is 2.06. The van der Waals surface area contributed by atoms with Crippen molar-refractivity contribution in [2.75, 3.05) is 27.3 Å². The van der Waals surface area contributed by atoms with Gasteiger partial charge in [-0.3, -0.25) is 9.59 Å². The third-order valence-corrected chi connectivity index (χ3v) is 3.70. The lowest BCUT2D eigenvalue weighted by Crippen LogP contribution is -2.40. The van der Waals surface area contributed by atoms with Crippen LogP contribution in [0.1, 0.15) is 18.4 Å². The molecule has 0 heterocycles. The number of esters is 1. The Bertz CT molecular complexity index is 712. The number of ether oxygens (including phenoxy) is 2. The van der Waals surface area contributed by atoms with Crippen molar-refractivity contribution < 1.29 is 29.0 Å². The molecule has 0 atom stereocenters. The van der Waals surface area contributed by atoms with E-state index in [0.29, 0.717) is 5.56 Å². The molecule has 140 valence electrons. The highest BCUT2D eigenvalue weighted by atomic mass is 16.5. The minimum atomic E-state index is -0.693. The van der Waals surface area contributed by atoms with Crippen LogP contribution in [0.15, 0.2) is 24.3 Å². The lowest BCUT2D eigenvalue weighted by atomic mass is 10.2. The molecule has 1 aromatic carbocycles. The van der Waals surface area contributed by atoms with E-state index in [-0.39, 0.29) is 30.0 Å². The summed E-state index contributed by atoms with van der Waals surface area (Å²) in [5.41, 5.74) is 0.622. The van der Waals surface area contributed by atoms with Gasteiger partial charge in [0.2, 0.25) is 5.91 Å². The van der Waals surface area contributed by atoms with Gasteiger partial charge in [0.1, 0.15) is 0 Å². The second-order valence-corrected chi connectivity index (χ2v) is 5.96. The molecule has 2 rings (SSSR count). The van der Waals surface area contributed by atoms with Crippen LogP contribution in [-0.2, 0) is 19.1 Å². The maximum absolute atomic E-state index is 11.9. The Morgan fingerprint density at radius 3 is 2.73 bits per heavy atom. The molecule has 0 saturated heterocycles. The van der Waals surface area contributed by atoms with Crippen LogP contribution in [0.5, 0.6) is 11.5 Å². The van der Waals surface area contributed by atoms with Crippen molar-refractivity contribution >= 4 is 23.9 Å². The lowest BCUT2D eigenvalue weighted by molar-refractivity contribution is -0.148. The van der Waals surface area contributed by atoms with Gasteiger partial charge in [-0.05, 0) is 36.6 Å². The molecule has 0 spiro atoms. The second-order valence-electron chi connectivity index (χ2n) is 5.96. The Labute approximate surface area is 151 Å². The minimum absolute atomic E-state index is 0.00779. The van der Waals surface area contributed by atoms with Crippen LogP contribution in [0.3, 0.4) is 0 Å². The number of nitrogens with one attached hydrogen (secondary N) is 1. The number of phenolic OH excluding ortho intramolecular Hbond substituents is 1. The van der Waals surface area contributed by atoms with Gasteiger partial charge in [-0.25, -0.2) is 4.79 Å². The summed E-state index contributed by atoms with van der Waals surface area (Å²) in [4.78, 5) is 36.4. The Hall–Kier alpha value is -3.03. The summed E-state index contributed by atoms with van der Waals surface area (Å²) in [6.07, 6.45) is 4.58. The van der Waals surface area contributed by atoms with Crippen molar-refractivity contribution in [1.82, 2.24) is 10.2 Å². The van der Waals surface area contributed by atoms with E-state index in [2.05, 4.69) is 5.32 Å². The summed E-state index contributed by atoms with van der Waals surface area (Å²) < 4.78 is 9.85. The van der Waals surface area contributed by atoms with Crippen LogP contribution < -0.4 is 10.1 Å². The number of carbonyl (C=O) groups excluding carboxylic acids is 3. The number of nitrogens with zero attached hydrogens (tertiary/aromatic N) is 1. The maximum atomic E-state index is 11.9. The first-order valence-corrected chi connectivity index (χ1v) is 8.14. The highest BCUT2D eigenvalue weighted by Crippen LogP contribution is 2.26. The zero-order valence-corrected chi connectivity index (χ0v) is 14.7. The van der Waals surface area contributed by atoms with E-state index in [0.717, 1.165) is 12.8 Å². The van der Waals surface area contributed by atoms with Crippen molar-refractivity contribution in [3.8, 4) is 11.5 Å². The molecular weight excluding hydrogens is 340 g/mol. The lowest BCUT2D eigenvalue weighted by Gasteiger charge is -2.16. The topological polar surface area (TPSA) is 105 Å². The van der Waals surface area contributed by atoms with Gasteiger partial charge in [0.15, 0.2) is 18.1 Å². The molecule has 0 radical (unpaired) electrons. The number of phenols is 1. The maximum Gasteiger partial charge on any atom is 0.331 e. The number of amides is 2. The van der Waals surface area contributed by atoms with Crippen molar-refractivity contribution in [3.05, 3.63) is 29.8 Å². The van der Waals surface area contributed by atoms with Gasteiger partial charge in [0.25, 0.3) is 5.91 Å². The second kappa shape index (κ2) is 8.89. The number of carbonyl (C=O) groups is 3. The van der Waals surface area contributed by atoms with Gasteiger partial charge >= 0.3 is 5.97 Å². The Balaban J connectivity index is 1.76. The SMILES string of the molecule is COc1cc(/C=C/C(=O)OCC(=O)N(C)CC(=O)NC2CC2)ccc1O. The zero-order chi connectivity index (χ0) is 19.1. The van der Waals surface area contributed by atoms with Gasteiger partial charge < -0.3 is 24.8 Å². The summed E-state index contributed by atoms with van der Waals surface area (Å²) in [6.45, 7) is -0.523. The molecule has 8 nitrogen and oxygen atoms in total. The van der Waals surface area contributed by atoms with Crippen LogP contribution in [0, 0.1) is 0 Å². The van der Waals surface area contributed by atoms with E-state index in [9.17, 15) is 19.5 Å². The third-order valence-electron chi connectivity index (χ3n) is 3.70. The van der Waals surface area contributed by atoms with E-state index in [1.54, 1.807) is 12.1 Å². The smallest absolute Gasteiger partial charge is 0.331 e. The molecule has 0 bridgehead atoms. The van der Waals surface area contributed by atoms with Gasteiger partial charge in [0, 0.05) is 19.2 Å².